The predicted octanol–water partition coefficient (Wildman–Crippen LogP) is 4.90. The van der Waals surface area contributed by atoms with E-state index in [2.05, 4.69) is 5.32 Å². The highest BCUT2D eigenvalue weighted by atomic mass is 35.5. The number of carbonyl (C=O) groups excluding carboxylic acids is 1. The lowest BCUT2D eigenvalue weighted by molar-refractivity contribution is 0.104. The minimum Gasteiger partial charge on any atom is -0.495 e. The highest BCUT2D eigenvalue weighted by Gasteiger charge is 2.41. The van der Waals surface area contributed by atoms with Gasteiger partial charge in [-0.15, -0.1) is 11.3 Å². The maximum atomic E-state index is 13.3. The highest BCUT2D eigenvalue weighted by molar-refractivity contribution is 7.97. The van der Waals surface area contributed by atoms with E-state index < -0.39 is 15.8 Å². The van der Waals surface area contributed by atoms with Crippen LogP contribution in [0.2, 0.25) is 5.02 Å². The number of carbonyl (C=O) groups is 1. The van der Waals surface area contributed by atoms with E-state index >= 15 is 0 Å². The van der Waals surface area contributed by atoms with Crippen LogP contribution in [0, 0.1) is 0 Å². The van der Waals surface area contributed by atoms with Crippen LogP contribution in [0.4, 0.5) is 11.4 Å². The molecule has 0 unspecified atom stereocenters. The van der Waals surface area contributed by atoms with Gasteiger partial charge in [-0.25, -0.2) is 8.42 Å². The molecule has 1 N–H and O–H groups in total. The molecule has 3 aromatic rings. The zero-order valence-corrected chi connectivity index (χ0v) is 18.2. The Morgan fingerprint density at radius 1 is 1.17 bits per heavy atom. The molecule has 0 amide bonds. The number of benzene rings is 2. The molecule has 1 aliphatic heterocycles. The van der Waals surface area contributed by atoms with E-state index in [0.717, 1.165) is 5.56 Å². The number of halogens is 1. The summed E-state index contributed by atoms with van der Waals surface area (Å²) in [7, 11) is -2.55. The van der Waals surface area contributed by atoms with Gasteiger partial charge in [0, 0.05) is 11.9 Å². The smallest absolute Gasteiger partial charge is 0.270 e. The summed E-state index contributed by atoms with van der Waals surface area (Å²) in [5, 5.41) is 4.96. The number of hydrogen-bond donors (Lipinski definition) is 1. The first-order chi connectivity index (χ1) is 14.4. The fourth-order valence-electron chi connectivity index (χ4n) is 3.11. The van der Waals surface area contributed by atoms with Crippen LogP contribution in [-0.4, -0.2) is 21.3 Å². The summed E-state index contributed by atoms with van der Waals surface area (Å²) < 4.78 is 33.0. The van der Waals surface area contributed by atoms with Crippen molar-refractivity contribution in [2.75, 3.05) is 16.7 Å². The lowest BCUT2D eigenvalue weighted by atomic mass is 10.2. The average molecular weight is 461 g/mol. The number of hydrogen-bond acceptors (Lipinski definition) is 6. The van der Waals surface area contributed by atoms with Gasteiger partial charge in [-0.2, -0.15) is 0 Å². The van der Waals surface area contributed by atoms with E-state index in [0.29, 0.717) is 27.0 Å². The van der Waals surface area contributed by atoms with Crippen LogP contribution in [-0.2, 0) is 16.6 Å². The van der Waals surface area contributed by atoms with Crippen LogP contribution in [0.1, 0.15) is 15.2 Å². The van der Waals surface area contributed by atoms with Gasteiger partial charge in [0.25, 0.3) is 10.0 Å². The molecule has 30 heavy (non-hydrogen) atoms. The first-order valence-electron chi connectivity index (χ1n) is 8.91. The van der Waals surface area contributed by atoms with E-state index in [1.54, 1.807) is 29.6 Å². The number of anilines is 2. The zero-order valence-electron chi connectivity index (χ0n) is 15.8. The average Bonchev–Trinajstić information content (AvgIpc) is 3.21. The maximum absolute atomic E-state index is 13.3. The quantitative estimate of drug-likeness (QED) is 0.548. The van der Waals surface area contributed by atoms with Gasteiger partial charge >= 0.3 is 0 Å². The van der Waals surface area contributed by atoms with Gasteiger partial charge in [-0.05, 0) is 35.2 Å². The topological polar surface area (TPSA) is 75.7 Å². The van der Waals surface area contributed by atoms with Crippen LogP contribution < -0.4 is 14.4 Å². The molecular weight excluding hydrogens is 444 g/mol. The Balaban J connectivity index is 1.72. The minimum atomic E-state index is -4.06. The van der Waals surface area contributed by atoms with Crippen LogP contribution >= 0.6 is 22.9 Å². The number of ether oxygens (including phenoxy) is 1. The molecule has 0 saturated heterocycles. The van der Waals surface area contributed by atoms with Crippen molar-refractivity contribution in [3.05, 3.63) is 86.5 Å². The Kier molecular flexibility index (Phi) is 5.55. The van der Waals surface area contributed by atoms with Crippen molar-refractivity contribution in [3.63, 3.8) is 0 Å². The second-order valence-electron chi connectivity index (χ2n) is 6.46. The van der Waals surface area contributed by atoms with E-state index in [9.17, 15) is 13.2 Å². The monoisotopic (exact) mass is 460 g/mol. The third-order valence-electron chi connectivity index (χ3n) is 4.60. The molecule has 1 aliphatic rings. The lowest BCUT2D eigenvalue weighted by Crippen LogP contribution is -2.38. The summed E-state index contributed by atoms with van der Waals surface area (Å²) in [6.07, 6.45) is 1.22. The molecular formula is C21H17ClN2O4S2. The summed E-state index contributed by atoms with van der Waals surface area (Å²) in [6.45, 7) is 0.131. The summed E-state index contributed by atoms with van der Waals surface area (Å²) >= 11 is 7.34. The minimum absolute atomic E-state index is 0.131. The van der Waals surface area contributed by atoms with Crippen molar-refractivity contribution in [1.29, 1.82) is 0 Å². The number of sulfonamides is 1. The van der Waals surface area contributed by atoms with Crippen molar-refractivity contribution in [1.82, 2.24) is 0 Å². The van der Waals surface area contributed by atoms with Crippen molar-refractivity contribution >= 4 is 50.1 Å². The summed E-state index contributed by atoms with van der Waals surface area (Å²) in [4.78, 5) is 13.0. The normalized spacial score (nSPS) is 16.4. The molecule has 1 aromatic heterocycles. The van der Waals surface area contributed by atoms with Gasteiger partial charge in [0.2, 0.25) is 5.78 Å². The summed E-state index contributed by atoms with van der Waals surface area (Å²) in [5.74, 6) is -0.0371. The van der Waals surface area contributed by atoms with Crippen molar-refractivity contribution in [3.8, 4) is 5.75 Å². The van der Waals surface area contributed by atoms with Gasteiger partial charge in [-0.1, -0.05) is 41.9 Å². The van der Waals surface area contributed by atoms with Gasteiger partial charge in [0.1, 0.15) is 10.6 Å². The second kappa shape index (κ2) is 8.14. The molecule has 6 nitrogen and oxygen atoms in total. The molecule has 0 aliphatic carbocycles. The lowest BCUT2D eigenvalue weighted by Gasteiger charge is -2.29. The third-order valence-corrected chi connectivity index (χ3v) is 7.56. The van der Waals surface area contributed by atoms with Gasteiger partial charge in [0.05, 0.1) is 24.4 Å². The molecule has 4 rings (SSSR count). The molecule has 2 heterocycles. The van der Waals surface area contributed by atoms with Crippen molar-refractivity contribution in [2.24, 2.45) is 0 Å². The highest BCUT2D eigenvalue weighted by Crippen LogP contribution is 2.39. The zero-order chi connectivity index (χ0) is 21.3. The van der Waals surface area contributed by atoms with Crippen LogP contribution in [0.25, 0.3) is 0 Å². The number of rotatable bonds is 5. The van der Waals surface area contributed by atoms with E-state index in [1.165, 1.54) is 29.0 Å². The SMILES string of the molecule is COc1ccc(NC=C2C(=O)c3sccc3N(Cc3ccccc3)S2(=O)=O)cc1Cl. The van der Waals surface area contributed by atoms with Gasteiger partial charge in [-0.3, -0.25) is 9.10 Å². The first-order valence-corrected chi connectivity index (χ1v) is 11.6. The number of thiophene rings is 1. The Labute approximate surface area is 183 Å². The Bertz CT molecular complexity index is 1240. The van der Waals surface area contributed by atoms with Crippen LogP contribution in [0.15, 0.2) is 71.1 Å². The van der Waals surface area contributed by atoms with E-state index in [1.807, 2.05) is 30.3 Å². The number of methoxy groups -OCH3 is 1. The predicted molar refractivity (Wildman–Crippen MR) is 120 cm³/mol. The second-order valence-corrected chi connectivity index (χ2v) is 9.62. The number of Topliss-reactive ketones (excluding diaryl/α,β-unsaturated/α-hetero) is 1. The molecule has 0 fully saturated rings. The molecule has 154 valence electrons. The fraction of sp³-hybridized carbons (Fsp3) is 0.0952. The third kappa shape index (κ3) is 3.69. The van der Waals surface area contributed by atoms with Crippen LogP contribution in [0.3, 0.4) is 0 Å². The Morgan fingerprint density at radius 2 is 1.93 bits per heavy atom. The van der Waals surface area contributed by atoms with E-state index in [4.69, 9.17) is 16.3 Å². The number of nitrogens with one attached hydrogen (secondary N) is 1. The summed E-state index contributed by atoms with van der Waals surface area (Å²) in [5.41, 5.74) is 1.75. The molecule has 2 aromatic carbocycles. The Morgan fingerprint density at radius 3 is 2.63 bits per heavy atom. The van der Waals surface area contributed by atoms with Gasteiger partial charge < -0.3 is 10.1 Å². The molecule has 0 spiro atoms. The molecule has 0 atom stereocenters. The van der Waals surface area contributed by atoms with Gasteiger partial charge in [0.15, 0.2) is 4.91 Å². The number of fused-ring (bicyclic) bond motifs is 1. The number of allylic oxidation sites excluding steroid dienone is 1. The fourth-order valence-corrected chi connectivity index (χ4v) is 5.85. The van der Waals surface area contributed by atoms with E-state index in [-0.39, 0.29) is 11.4 Å². The standard InChI is InChI=1S/C21H17ClN2O4S2/c1-28-18-8-7-15(11-16(18)22)23-12-19-20(25)21-17(9-10-29-21)24(30(19,26)27)13-14-5-3-2-4-6-14/h2-12,23H,13H2,1H3. The number of ketones is 1. The number of nitrogens with zero attached hydrogens (tertiary/aromatic N) is 1. The maximum Gasteiger partial charge on any atom is 0.270 e. The molecule has 0 radical (unpaired) electrons. The van der Waals surface area contributed by atoms with Crippen molar-refractivity contribution in [2.45, 2.75) is 6.54 Å². The molecule has 9 heteroatoms. The summed E-state index contributed by atoms with van der Waals surface area (Å²) in [6, 6.07) is 15.8. The van der Waals surface area contributed by atoms with Crippen LogP contribution in [0.5, 0.6) is 5.75 Å². The Hall–Kier alpha value is -2.81. The largest absolute Gasteiger partial charge is 0.495 e. The molecule has 0 saturated carbocycles. The first kappa shape index (κ1) is 20.5. The van der Waals surface area contributed by atoms with Crippen molar-refractivity contribution < 1.29 is 17.9 Å². The molecule has 0 bridgehead atoms.